The van der Waals surface area contributed by atoms with E-state index in [-0.39, 0.29) is 23.7 Å². The van der Waals surface area contributed by atoms with Crippen molar-refractivity contribution in [2.24, 2.45) is 5.92 Å². The third-order valence-corrected chi connectivity index (χ3v) is 5.30. The molecule has 0 spiro atoms. The van der Waals surface area contributed by atoms with E-state index in [1.165, 1.54) is 12.1 Å². The minimum Gasteiger partial charge on any atom is -0.450 e. The van der Waals surface area contributed by atoms with Crippen LogP contribution in [0.5, 0.6) is 11.5 Å². The fourth-order valence-corrected chi connectivity index (χ4v) is 3.88. The number of para-hydroxylation sites is 2. The highest BCUT2D eigenvalue weighted by molar-refractivity contribution is 5.67. The number of carbonyl (C=O) groups excluding carboxylic acids is 1. The van der Waals surface area contributed by atoms with Gasteiger partial charge in [-0.15, -0.1) is 0 Å². The Morgan fingerprint density at radius 3 is 2.48 bits per heavy atom. The van der Waals surface area contributed by atoms with Crippen LogP contribution in [0, 0.1) is 11.7 Å². The molecule has 2 aromatic rings. The maximum atomic E-state index is 13.4. The van der Waals surface area contributed by atoms with Crippen LogP contribution in [0.15, 0.2) is 48.5 Å². The molecule has 1 amide bonds. The van der Waals surface area contributed by atoms with E-state index >= 15 is 0 Å². The van der Waals surface area contributed by atoms with E-state index in [1.54, 1.807) is 24.0 Å². The summed E-state index contributed by atoms with van der Waals surface area (Å²) in [5, 5.41) is 0. The summed E-state index contributed by atoms with van der Waals surface area (Å²) in [5.74, 6) is 1.14. The number of fused-ring (bicyclic) bond motifs is 1. The van der Waals surface area contributed by atoms with Gasteiger partial charge >= 0.3 is 12.6 Å². The van der Waals surface area contributed by atoms with Crippen LogP contribution >= 0.6 is 0 Å². The summed E-state index contributed by atoms with van der Waals surface area (Å²) in [6, 6.07) is 13.9. The largest absolute Gasteiger partial charge is 0.450 e. The summed E-state index contributed by atoms with van der Waals surface area (Å²) in [4.78, 5) is 13.9. The molecule has 4 rings (SSSR count). The van der Waals surface area contributed by atoms with Crippen LogP contribution in [0.1, 0.15) is 24.8 Å². The van der Waals surface area contributed by atoms with Gasteiger partial charge in [0.1, 0.15) is 5.82 Å². The second kappa shape index (κ2) is 8.69. The summed E-state index contributed by atoms with van der Waals surface area (Å²) in [6.07, 6.45) is 0.418. The lowest BCUT2D eigenvalue weighted by Gasteiger charge is -2.38. The van der Waals surface area contributed by atoms with Gasteiger partial charge < -0.3 is 23.8 Å². The number of halogens is 1. The van der Waals surface area contributed by atoms with Gasteiger partial charge in [-0.1, -0.05) is 24.3 Å². The van der Waals surface area contributed by atoms with Crippen LogP contribution in [-0.2, 0) is 9.47 Å². The molecule has 0 aliphatic carbocycles. The van der Waals surface area contributed by atoms with Gasteiger partial charge in [-0.2, -0.15) is 0 Å². The highest BCUT2D eigenvalue weighted by Gasteiger charge is 2.35. The number of rotatable bonds is 5. The number of hydrogen-bond donors (Lipinski definition) is 0. The first-order valence-corrected chi connectivity index (χ1v) is 9.85. The Balaban J connectivity index is 1.44. The molecular weight excluding hydrogens is 377 g/mol. The van der Waals surface area contributed by atoms with Crippen LogP contribution in [0.4, 0.5) is 9.18 Å². The van der Waals surface area contributed by atoms with E-state index in [2.05, 4.69) is 0 Å². The number of nitrogens with zero attached hydrogens (tertiary/aromatic N) is 1. The topological polar surface area (TPSA) is 57.2 Å². The number of piperidine rings is 1. The van der Waals surface area contributed by atoms with Gasteiger partial charge in [0, 0.05) is 19.0 Å². The molecule has 0 saturated carbocycles. The maximum Gasteiger partial charge on any atom is 0.409 e. The first-order valence-electron chi connectivity index (χ1n) is 9.85. The van der Waals surface area contributed by atoms with Crippen LogP contribution < -0.4 is 9.47 Å². The predicted octanol–water partition coefficient (Wildman–Crippen LogP) is 4.16. The number of ether oxygens (including phenoxy) is 4. The molecule has 1 saturated heterocycles. The second-order valence-corrected chi connectivity index (χ2v) is 7.16. The van der Waals surface area contributed by atoms with Crippen molar-refractivity contribution >= 4 is 6.09 Å². The highest BCUT2D eigenvalue weighted by atomic mass is 19.1. The predicted molar refractivity (Wildman–Crippen MR) is 103 cm³/mol. The van der Waals surface area contributed by atoms with Crippen LogP contribution in [-0.4, -0.2) is 43.8 Å². The lowest BCUT2D eigenvalue weighted by Crippen LogP contribution is -2.45. The Morgan fingerprint density at radius 1 is 1.14 bits per heavy atom. The standard InChI is InChI=1S/C22H24FNO5/c1-2-26-21(25)24-12-11-18(15-7-9-17(23)10-8-15)16(13-24)14-27-22-28-19-5-3-4-6-20(19)29-22/h3-10,16,18,22H,2,11-14H2,1H3/t16-,18-/m0/s1. The summed E-state index contributed by atoms with van der Waals surface area (Å²) in [7, 11) is 0. The van der Waals surface area contributed by atoms with Gasteiger partial charge in [0.25, 0.3) is 0 Å². The molecular formula is C22H24FNO5. The van der Waals surface area contributed by atoms with Gasteiger partial charge in [0.2, 0.25) is 0 Å². The molecule has 7 heteroatoms. The van der Waals surface area contributed by atoms with Crippen molar-refractivity contribution in [2.75, 3.05) is 26.3 Å². The molecule has 2 aliphatic heterocycles. The molecule has 154 valence electrons. The van der Waals surface area contributed by atoms with Gasteiger partial charge in [0.15, 0.2) is 11.5 Å². The van der Waals surface area contributed by atoms with E-state index in [1.807, 2.05) is 24.3 Å². The second-order valence-electron chi connectivity index (χ2n) is 7.16. The molecule has 0 N–H and O–H groups in total. The summed E-state index contributed by atoms with van der Waals surface area (Å²) < 4.78 is 35.7. The van der Waals surface area contributed by atoms with Crippen molar-refractivity contribution in [3.05, 3.63) is 59.9 Å². The van der Waals surface area contributed by atoms with Crippen molar-refractivity contribution in [3.8, 4) is 11.5 Å². The molecule has 29 heavy (non-hydrogen) atoms. The Labute approximate surface area is 169 Å². The number of hydrogen-bond acceptors (Lipinski definition) is 5. The lowest BCUT2D eigenvalue weighted by molar-refractivity contribution is -0.186. The first-order chi connectivity index (χ1) is 14.1. The van der Waals surface area contributed by atoms with E-state index < -0.39 is 6.48 Å². The molecule has 0 radical (unpaired) electrons. The fourth-order valence-electron chi connectivity index (χ4n) is 3.88. The third-order valence-electron chi connectivity index (χ3n) is 5.30. The number of likely N-dealkylation sites (tertiary alicyclic amines) is 1. The van der Waals surface area contributed by atoms with Crippen LogP contribution in [0.2, 0.25) is 0 Å². The van der Waals surface area contributed by atoms with E-state index in [0.717, 1.165) is 12.0 Å². The highest BCUT2D eigenvalue weighted by Crippen LogP contribution is 2.37. The van der Waals surface area contributed by atoms with Crippen molar-refractivity contribution in [1.82, 2.24) is 4.90 Å². The first kappa shape index (κ1) is 19.5. The molecule has 2 aromatic carbocycles. The van der Waals surface area contributed by atoms with Crippen LogP contribution in [0.25, 0.3) is 0 Å². The zero-order valence-corrected chi connectivity index (χ0v) is 16.3. The molecule has 2 aliphatic rings. The van der Waals surface area contributed by atoms with E-state index in [4.69, 9.17) is 18.9 Å². The molecule has 6 nitrogen and oxygen atoms in total. The Kier molecular flexibility index (Phi) is 5.85. The van der Waals surface area contributed by atoms with Crippen molar-refractivity contribution in [2.45, 2.75) is 25.7 Å². The smallest absolute Gasteiger partial charge is 0.409 e. The summed E-state index contributed by atoms with van der Waals surface area (Å²) >= 11 is 0. The Morgan fingerprint density at radius 2 is 1.83 bits per heavy atom. The molecule has 0 unspecified atom stereocenters. The molecule has 0 bridgehead atoms. The summed E-state index contributed by atoms with van der Waals surface area (Å²) in [6.45, 7) is 2.70. The van der Waals surface area contributed by atoms with Gasteiger partial charge in [-0.3, -0.25) is 0 Å². The summed E-state index contributed by atoms with van der Waals surface area (Å²) in [5.41, 5.74) is 1.03. The monoisotopic (exact) mass is 401 g/mol. The Hall–Kier alpha value is -2.80. The minimum absolute atomic E-state index is 0.00507. The lowest BCUT2D eigenvalue weighted by atomic mass is 9.81. The van der Waals surface area contributed by atoms with Crippen molar-refractivity contribution < 1.29 is 28.1 Å². The van der Waals surface area contributed by atoms with Gasteiger partial charge in [0.05, 0.1) is 13.2 Å². The van der Waals surface area contributed by atoms with Crippen molar-refractivity contribution in [1.29, 1.82) is 0 Å². The fraction of sp³-hybridized carbons (Fsp3) is 0.409. The third kappa shape index (κ3) is 4.45. The van der Waals surface area contributed by atoms with Crippen LogP contribution in [0.3, 0.4) is 0 Å². The van der Waals surface area contributed by atoms with E-state index in [9.17, 15) is 9.18 Å². The average molecular weight is 401 g/mol. The number of amides is 1. The molecule has 0 aromatic heterocycles. The quantitative estimate of drug-likeness (QED) is 0.753. The molecule has 1 fully saturated rings. The molecule has 2 atom stereocenters. The maximum absolute atomic E-state index is 13.4. The van der Waals surface area contributed by atoms with Crippen molar-refractivity contribution in [3.63, 3.8) is 0 Å². The van der Waals surface area contributed by atoms with Gasteiger partial charge in [-0.25, -0.2) is 9.18 Å². The zero-order valence-electron chi connectivity index (χ0n) is 16.3. The zero-order chi connectivity index (χ0) is 20.2. The molecule has 2 heterocycles. The normalized spacial score (nSPS) is 21.2. The number of carbonyl (C=O) groups is 1. The van der Waals surface area contributed by atoms with Gasteiger partial charge in [-0.05, 0) is 49.1 Å². The minimum atomic E-state index is -0.820. The Bertz CT molecular complexity index is 818. The van der Waals surface area contributed by atoms with E-state index in [0.29, 0.717) is 37.8 Å². The SMILES string of the molecule is CCOC(=O)N1CC[C@@H](c2ccc(F)cc2)[C@H](COC2Oc3ccccc3O2)C1. The number of benzene rings is 2. The average Bonchev–Trinajstić information content (AvgIpc) is 3.16.